The molecule has 2 heterocycles. The summed E-state index contributed by atoms with van der Waals surface area (Å²) in [5, 5.41) is 5.96. The first-order chi connectivity index (χ1) is 9.74. The van der Waals surface area contributed by atoms with Crippen LogP contribution in [0.5, 0.6) is 0 Å². The van der Waals surface area contributed by atoms with Crippen LogP contribution in [0.15, 0.2) is 5.38 Å². The highest BCUT2D eigenvalue weighted by atomic mass is 35.5. The van der Waals surface area contributed by atoms with Gasteiger partial charge in [0.2, 0.25) is 5.91 Å². The summed E-state index contributed by atoms with van der Waals surface area (Å²) in [5.74, 6) is 0.659. The van der Waals surface area contributed by atoms with E-state index in [1.807, 2.05) is 5.38 Å². The highest BCUT2D eigenvalue weighted by Crippen LogP contribution is 2.19. The van der Waals surface area contributed by atoms with Crippen LogP contribution in [-0.4, -0.2) is 42.0 Å². The Morgan fingerprint density at radius 1 is 1.60 bits per heavy atom. The van der Waals surface area contributed by atoms with Gasteiger partial charge >= 0.3 is 0 Å². The van der Waals surface area contributed by atoms with E-state index < -0.39 is 0 Å². The first kappa shape index (κ1) is 15.7. The third kappa shape index (κ3) is 4.17. The maximum Gasteiger partial charge on any atom is 0.237 e. The largest absolute Gasteiger partial charge is 0.358 e. The summed E-state index contributed by atoms with van der Waals surface area (Å²) in [6.45, 7) is 2.05. The number of nitrogens with one attached hydrogen (secondary N) is 1. The van der Waals surface area contributed by atoms with Gasteiger partial charge in [0.15, 0.2) is 0 Å². The van der Waals surface area contributed by atoms with Crippen LogP contribution in [0.2, 0.25) is 0 Å². The fraction of sp³-hybridized carbons (Fsp3) is 0.714. The lowest BCUT2D eigenvalue weighted by atomic mass is 10.2. The topological polar surface area (TPSA) is 45.2 Å². The molecule has 1 unspecified atom stereocenters. The standard InChI is InChI=1S/C14H22ClN3OS/c1-16-14(19)12-5-4-8-18(12)7-3-2-6-13-17-11(9-15)10-20-13/h10,12H,2-9H2,1H3,(H,16,19). The van der Waals surface area contributed by atoms with Gasteiger partial charge in [-0.2, -0.15) is 0 Å². The number of likely N-dealkylation sites (N-methyl/N-ethyl adjacent to an activating group) is 1. The fourth-order valence-electron chi connectivity index (χ4n) is 2.67. The maximum atomic E-state index is 11.7. The van der Waals surface area contributed by atoms with Crippen LogP contribution in [0, 0.1) is 0 Å². The molecule has 0 spiro atoms. The van der Waals surface area contributed by atoms with E-state index in [9.17, 15) is 4.79 Å². The number of hydrogen-bond acceptors (Lipinski definition) is 4. The summed E-state index contributed by atoms with van der Waals surface area (Å²) in [6, 6.07) is 0.0858. The molecular formula is C14H22ClN3OS. The molecule has 20 heavy (non-hydrogen) atoms. The zero-order valence-corrected chi connectivity index (χ0v) is 13.5. The number of aryl methyl sites for hydroxylation is 1. The monoisotopic (exact) mass is 315 g/mol. The summed E-state index contributed by atoms with van der Waals surface area (Å²) >= 11 is 7.44. The van der Waals surface area contributed by atoms with Crippen LogP contribution >= 0.6 is 22.9 Å². The molecule has 1 saturated heterocycles. The first-order valence-electron chi connectivity index (χ1n) is 7.19. The Hall–Kier alpha value is -0.650. The van der Waals surface area contributed by atoms with Crippen molar-refractivity contribution in [2.24, 2.45) is 0 Å². The molecular weight excluding hydrogens is 294 g/mol. The Bertz CT molecular complexity index is 438. The van der Waals surface area contributed by atoms with Gasteiger partial charge < -0.3 is 5.32 Å². The molecule has 112 valence electrons. The number of thiazole rings is 1. The average molecular weight is 316 g/mol. The van der Waals surface area contributed by atoms with Crippen molar-refractivity contribution in [1.29, 1.82) is 0 Å². The molecule has 0 aromatic carbocycles. The molecule has 0 saturated carbocycles. The number of hydrogen-bond donors (Lipinski definition) is 1. The van der Waals surface area contributed by atoms with E-state index in [0.717, 1.165) is 50.9 Å². The fourth-order valence-corrected chi connectivity index (χ4v) is 3.74. The normalized spacial score (nSPS) is 19.4. The number of rotatable bonds is 7. The van der Waals surface area contributed by atoms with Crippen molar-refractivity contribution in [2.75, 3.05) is 20.1 Å². The van der Waals surface area contributed by atoms with Crippen LogP contribution in [0.3, 0.4) is 0 Å². The van der Waals surface area contributed by atoms with E-state index in [0.29, 0.717) is 5.88 Å². The SMILES string of the molecule is CNC(=O)C1CCCN1CCCCc1nc(CCl)cs1. The number of amides is 1. The summed E-state index contributed by atoms with van der Waals surface area (Å²) in [6.07, 6.45) is 5.37. The zero-order valence-electron chi connectivity index (χ0n) is 11.9. The Morgan fingerprint density at radius 2 is 2.45 bits per heavy atom. The highest BCUT2D eigenvalue weighted by Gasteiger charge is 2.29. The number of likely N-dealkylation sites (tertiary alicyclic amines) is 1. The lowest BCUT2D eigenvalue weighted by Gasteiger charge is -2.22. The number of nitrogens with zero attached hydrogens (tertiary/aromatic N) is 2. The lowest BCUT2D eigenvalue weighted by Crippen LogP contribution is -2.42. The Kier molecular flexibility index (Phi) is 6.26. The molecule has 1 aromatic heterocycles. The predicted octanol–water partition coefficient (Wildman–Crippen LogP) is 2.42. The van der Waals surface area contributed by atoms with Crippen LogP contribution in [-0.2, 0) is 17.1 Å². The highest BCUT2D eigenvalue weighted by molar-refractivity contribution is 7.09. The van der Waals surface area contributed by atoms with Crippen LogP contribution < -0.4 is 5.32 Å². The molecule has 2 rings (SSSR count). The van der Waals surface area contributed by atoms with Crippen molar-refractivity contribution >= 4 is 28.8 Å². The quantitative estimate of drug-likeness (QED) is 0.621. The number of carbonyl (C=O) groups is 1. The molecule has 1 N–H and O–H groups in total. The molecule has 6 heteroatoms. The van der Waals surface area contributed by atoms with Crippen molar-refractivity contribution in [3.8, 4) is 0 Å². The van der Waals surface area contributed by atoms with E-state index in [1.54, 1.807) is 18.4 Å². The Balaban J connectivity index is 1.69. The molecule has 1 aromatic rings. The second-order valence-electron chi connectivity index (χ2n) is 5.13. The van der Waals surface area contributed by atoms with Gasteiger partial charge in [-0.25, -0.2) is 4.98 Å². The van der Waals surface area contributed by atoms with Gasteiger partial charge in [-0.15, -0.1) is 22.9 Å². The van der Waals surface area contributed by atoms with Gasteiger partial charge in [0, 0.05) is 12.4 Å². The Labute approximate surface area is 129 Å². The van der Waals surface area contributed by atoms with Crippen LogP contribution in [0.1, 0.15) is 36.4 Å². The number of alkyl halides is 1. The summed E-state index contributed by atoms with van der Waals surface area (Å²) < 4.78 is 0. The van der Waals surface area contributed by atoms with Crippen molar-refractivity contribution in [3.63, 3.8) is 0 Å². The minimum absolute atomic E-state index is 0.0858. The third-order valence-corrected chi connectivity index (χ3v) is 4.97. The van der Waals surface area contributed by atoms with E-state index in [2.05, 4.69) is 15.2 Å². The van der Waals surface area contributed by atoms with Gasteiger partial charge in [0.1, 0.15) is 0 Å². The number of aromatic nitrogens is 1. The van der Waals surface area contributed by atoms with Gasteiger partial charge in [-0.05, 0) is 45.2 Å². The van der Waals surface area contributed by atoms with Gasteiger partial charge in [-0.3, -0.25) is 9.69 Å². The zero-order chi connectivity index (χ0) is 14.4. The van der Waals surface area contributed by atoms with Crippen molar-refractivity contribution in [2.45, 2.75) is 44.0 Å². The number of halogens is 1. The second-order valence-corrected chi connectivity index (χ2v) is 6.34. The molecule has 0 radical (unpaired) electrons. The minimum atomic E-state index is 0.0858. The third-order valence-electron chi connectivity index (χ3n) is 3.73. The van der Waals surface area contributed by atoms with E-state index in [4.69, 9.17) is 11.6 Å². The molecule has 1 fully saturated rings. The van der Waals surface area contributed by atoms with Gasteiger partial charge in [-0.1, -0.05) is 0 Å². The molecule has 1 aliphatic rings. The second kappa shape index (κ2) is 7.96. The van der Waals surface area contributed by atoms with E-state index in [-0.39, 0.29) is 11.9 Å². The first-order valence-corrected chi connectivity index (χ1v) is 8.61. The van der Waals surface area contributed by atoms with Crippen molar-refractivity contribution in [1.82, 2.24) is 15.2 Å². The van der Waals surface area contributed by atoms with Crippen molar-refractivity contribution < 1.29 is 4.79 Å². The maximum absolute atomic E-state index is 11.7. The summed E-state index contributed by atoms with van der Waals surface area (Å²) in [4.78, 5) is 18.5. The molecule has 0 aliphatic carbocycles. The van der Waals surface area contributed by atoms with Gasteiger partial charge in [0.25, 0.3) is 0 Å². The average Bonchev–Trinajstić information content (AvgIpc) is 3.11. The molecule has 4 nitrogen and oxygen atoms in total. The summed E-state index contributed by atoms with van der Waals surface area (Å²) in [5.41, 5.74) is 0.978. The molecule has 0 bridgehead atoms. The van der Waals surface area contributed by atoms with Crippen LogP contribution in [0.25, 0.3) is 0 Å². The number of carbonyl (C=O) groups excluding carboxylic acids is 1. The van der Waals surface area contributed by atoms with Gasteiger partial charge in [0.05, 0.1) is 22.6 Å². The minimum Gasteiger partial charge on any atom is -0.358 e. The predicted molar refractivity (Wildman–Crippen MR) is 83.3 cm³/mol. The smallest absolute Gasteiger partial charge is 0.237 e. The van der Waals surface area contributed by atoms with Crippen LogP contribution in [0.4, 0.5) is 0 Å². The van der Waals surface area contributed by atoms with E-state index >= 15 is 0 Å². The van der Waals surface area contributed by atoms with E-state index in [1.165, 1.54) is 5.01 Å². The lowest BCUT2D eigenvalue weighted by molar-refractivity contribution is -0.124. The molecule has 1 amide bonds. The summed E-state index contributed by atoms with van der Waals surface area (Å²) in [7, 11) is 1.72. The Morgan fingerprint density at radius 3 is 3.15 bits per heavy atom. The molecule has 1 atom stereocenters. The van der Waals surface area contributed by atoms with Crippen molar-refractivity contribution in [3.05, 3.63) is 16.1 Å². The molecule has 1 aliphatic heterocycles. The number of unbranched alkanes of at least 4 members (excludes halogenated alkanes) is 1.